The molecule has 2 aromatic rings. The Balaban J connectivity index is 1.95. The van der Waals surface area contributed by atoms with Crippen molar-refractivity contribution in [1.82, 2.24) is 0 Å². The van der Waals surface area contributed by atoms with Gasteiger partial charge in [0.25, 0.3) is 0 Å². The molecule has 22 heavy (non-hydrogen) atoms. The van der Waals surface area contributed by atoms with Gasteiger partial charge in [0.05, 0.1) is 0 Å². The number of benzene rings is 2. The molecule has 0 aliphatic heterocycles. The maximum atomic E-state index is 14.3. The van der Waals surface area contributed by atoms with Crippen molar-refractivity contribution in [3.05, 3.63) is 59.2 Å². The molecule has 1 fully saturated rings. The van der Waals surface area contributed by atoms with Crippen LogP contribution in [0.2, 0.25) is 0 Å². The summed E-state index contributed by atoms with van der Waals surface area (Å²) >= 11 is 0. The molecule has 0 spiro atoms. The van der Waals surface area contributed by atoms with Crippen molar-refractivity contribution in [3.63, 3.8) is 0 Å². The number of rotatable bonds is 2. The second-order valence-electron chi connectivity index (χ2n) is 5.83. The topological polar surface area (TPSA) is 0 Å². The first-order chi connectivity index (χ1) is 10.6. The molecule has 4 heteroatoms. The fourth-order valence-electron chi connectivity index (χ4n) is 3.17. The summed E-state index contributed by atoms with van der Waals surface area (Å²) in [6, 6.07) is 6.39. The van der Waals surface area contributed by atoms with Gasteiger partial charge in [-0.1, -0.05) is 31.4 Å². The molecule has 2 aromatic carbocycles. The number of hydrogen-bond donors (Lipinski definition) is 0. The van der Waals surface area contributed by atoms with E-state index >= 15 is 0 Å². The predicted octanol–water partition coefficient (Wildman–Crippen LogP) is 5.96. The molecule has 0 saturated heterocycles. The van der Waals surface area contributed by atoms with E-state index in [-0.39, 0.29) is 11.1 Å². The van der Waals surface area contributed by atoms with Crippen LogP contribution in [0, 0.1) is 23.3 Å². The van der Waals surface area contributed by atoms with E-state index in [1.165, 1.54) is 18.6 Å². The Kier molecular flexibility index (Phi) is 4.19. The Bertz CT molecular complexity index is 664. The lowest BCUT2D eigenvalue weighted by atomic mass is 9.83. The van der Waals surface area contributed by atoms with E-state index in [0.29, 0.717) is 5.92 Å². The van der Waals surface area contributed by atoms with Crippen molar-refractivity contribution >= 4 is 0 Å². The minimum Gasteiger partial charge on any atom is -0.206 e. The highest BCUT2D eigenvalue weighted by molar-refractivity contribution is 5.65. The van der Waals surface area contributed by atoms with Crippen LogP contribution in [-0.2, 0) is 0 Å². The Morgan fingerprint density at radius 2 is 1.36 bits per heavy atom. The molecule has 0 radical (unpaired) electrons. The Labute approximate surface area is 126 Å². The quantitative estimate of drug-likeness (QED) is 0.474. The molecular formula is C18H16F4. The lowest BCUT2D eigenvalue weighted by molar-refractivity contribution is 0.442. The van der Waals surface area contributed by atoms with Crippen LogP contribution in [0.5, 0.6) is 0 Å². The normalized spacial score (nSPS) is 16.0. The fourth-order valence-corrected chi connectivity index (χ4v) is 3.17. The molecule has 116 valence electrons. The summed E-state index contributed by atoms with van der Waals surface area (Å²) in [5, 5.41) is 0. The number of halogens is 4. The largest absolute Gasteiger partial charge is 0.206 e. The van der Waals surface area contributed by atoms with Crippen molar-refractivity contribution in [2.45, 2.75) is 38.0 Å². The molecule has 0 atom stereocenters. The molecule has 1 aliphatic carbocycles. The molecule has 0 nitrogen and oxygen atoms in total. The highest BCUT2D eigenvalue weighted by Gasteiger charge is 2.18. The summed E-state index contributed by atoms with van der Waals surface area (Å²) in [5.41, 5.74) is 1.01. The molecule has 3 rings (SSSR count). The monoisotopic (exact) mass is 308 g/mol. The molecule has 0 unspecified atom stereocenters. The average Bonchev–Trinajstić information content (AvgIpc) is 2.53. The van der Waals surface area contributed by atoms with Crippen LogP contribution in [0.25, 0.3) is 11.1 Å². The minimum absolute atomic E-state index is 0.00379. The minimum atomic E-state index is -1.54. The Morgan fingerprint density at radius 3 is 1.95 bits per heavy atom. The lowest BCUT2D eigenvalue weighted by Crippen LogP contribution is -2.05. The van der Waals surface area contributed by atoms with E-state index in [1.54, 1.807) is 6.07 Å². The van der Waals surface area contributed by atoms with Gasteiger partial charge in [-0.2, -0.15) is 0 Å². The molecule has 0 aromatic heterocycles. The highest BCUT2D eigenvalue weighted by atomic mass is 19.2. The molecule has 1 aliphatic rings. The van der Waals surface area contributed by atoms with Crippen LogP contribution >= 0.6 is 0 Å². The van der Waals surface area contributed by atoms with Gasteiger partial charge in [-0.3, -0.25) is 0 Å². The van der Waals surface area contributed by atoms with Gasteiger partial charge in [-0.15, -0.1) is 0 Å². The molecule has 1 saturated carbocycles. The molecule has 0 heterocycles. The zero-order chi connectivity index (χ0) is 15.7. The third-order valence-corrected chi connectivity index (χ3v) is 4.36. The van der Waals surface area contributed by atoms with Crippen LogP contribution in [0.1, 0.15) is 43.6 Å². The van der Waals surface area contributed by atoms with Gasteiger partial charge in [0, 0.05) is 5.56 Å². The van der Waals surface area contributed by atoms with Crippen LogP contribution in [0.4, 0.5) is 17.6 Å². The molecular weight excluding hydrogens is 292 g/mol. The van der Waals surface area contributed by atoms with Crippen molar-refractivity contribution < 1.29 is 17.6 Å². The summed E-state index contributed by atoms with van der Waals surface area (Å²) in [4.78, 5) is 0. The van der Waals surface area contributed by atoms with E-state index < -0.39 is 23.3 Å². The third kappa shape index (κ3) is 2.87. The first-order valence-corrected chi connectivity index (χ1v) is 7.50. The first-order valence-electron chi connectivity index (χ1n) is 7.50. The maximum Gasteiger partial charge on any atom is 0.194 e. The van der Waals surface area contributed by atoms with E-state index in [2.05, 4.69) is 0 Å². The molecule has 0 N–H and O–H groups in total. The Morgan fingerprint density at radius 1 is 0.727 bits per heavy atom. The zero-order valence-electron chi connectivity index (χ0n) is 12.0. The van der Waals surface area contributed by atoms with Crippen LogP contribution in [0.3, 0.4) is 0 Å². The highest BCUT2D eigenvalue weighted by Crippen LogP contribution is 2.35. The summed E-state index contributed by atoms with van der Waals surface area (Å²) in [5.74, 6) is -4.35. The van der Waals surface area contributed by atoms with Gasteiger partial charge in [-0.05, 0) is 48.1 Å². The van der Waals surface area contributed by atoms with Gasteiger partial charge < -0.3 is 0 Å². The third-order valence-electron chi connectivity index (χ3n) is 4.36. The summed E-state index contributed by atoms with van der Waals surface area (Å²) in [6.45, 7) is 0. The molecule has 0 amide bonds. The van der Waals surface area contributed by atoms with Crippen LogP contribution < -0.4 is 0 Å². The lowest BCUT2D eigenvalue weighted by Gasteiger charge is -2.22. The van der Waals surface area contributed by atoms with E-state index in [1.807, 2.05) is 0 Å². The van der Waals surface area contributed by atoms with Crippen molar-refractivity contribution in [2.24, 2.45) is 0 Å². The average molecular weight is 308 g/mol. The van der Waals surface area contributed by atoms with Crippen molar-refractivity contribution in [3.8, 4) is 11.1 Å². The van der Waals surface area contributed by atoms with Gasteiger partial charge in [0.15, 0.2) is 17.5 Å². The van der Waals surface area contributed by atoms with Gasteiger partial charge in [0.1, 0.15) is 5.82 Å². The van der Waals surface area contributed by atoms with Gasteiger partial charge >= 0.3 is 0 Å². The van der Waals surface area contributed by atoms with Gasteiger partial charge in [-0.25, -0.2) is 17.6 Å². The maximum absolute atomic E-state index is 14.3. The Hall–Kier alpha value is -1.84. The summed E-state index contributed by atoms with van der Waals surface area (Å²) in [7, 11) is 0. The second kappa shape index (κ2) is 6.11. The van der Waals surface area contributed by atoms with Crippen molar-refractivity contribution in [1.29, 1.82) is 0 Å². The SMILES string of the molecule is Fc1cc(C2CCCCC2)ccc1-c1cc(F)c(F)c(F)c1. The summed E-state index contributed by atoms with van der Waals surface area (Å²) < 4.78 is 53.9. The smallest absolute Gasteiger partial charge is 0.194 e. The van der Waals surface area contributed by atoms with Gasteiger partial charge in [0.2, 0.25) is 0 Å². The first kappa shape index (κ1) is 15.1. The van der Waals surface area contributed by atoms with Crippen LogP contribution in [-0.4, -0.2) is 0 Å². The standard InChI is InChI=1S/C18H16F4/c19-15-8-12(11-4-2-1-3-5-11)6-7-14(15)13-9-16(20)18(22)17(21)10-13/h6-11H,1-5H2. The second-order valence-corrected chi connectivity index (χ2v) is 5.83. The summed E-state index contributed by atoms with van der Waals surface area (Å²) in [6.07, 6.45) is 5.58. The van der Waals surface area contributed by atoms with E-state index in [9.17, 15) is 17.6 Å². The van der Waals surface area contributed by atoms with Crippen molar-refractivity contribution in [2.75, 3.05) is 0 Å². The van der Waals surface area contributed by atoms with E-state index in [0.717, 1.165) is 43.4 Å². The predicted molar refractivity (Wildman–Crippen MR) is 77.5 cm³/mol. The number of hydrogen-bond acceptors (Lipinski definition) is 0. The van der Waals surface area contributed by atoms with Crippen LogP contribution in [0.15, 0.2) is 30.3 Å². The fraction of sp³-hybridized carbons (Fsp3) is 0.333. The zero-order valence-corrected chi connectivity index (χ0v) is 12.0. The molecule has 0 bridgehead atoms. The van der Waals surface area contributed by atoms with E-state index in [4.69, 9.17) is 0 Å².